The maximum atomic E-state index is 5.84. The molecule has 0 aromatic carbocycles. The van der Waals surface area contributed by atoms with Crippen LogP contribution in [0.5, 0.6) is 0 Å². The Bertz CT molecular complexity index is 368. The van der Waals surface area contributed by atoms with Crippen molar-refractivity contribution >= 4 is 0 Å². The summed E-state index contributed by atoms with van der Waals surface area (Å²) in [5, 5.41) is 3.93. The molecular formula is C22H49N3. The summed E-state index contributed by atoms with van der Waals surface area (Å²) in [5.74, 6) is 0. The van der Waals surface area contributed by atoms with E-state index in [1.165, 1.54) is 19.3 Å². The third kappa shape index (κ3) is 7.97. The van der Waals surface area contributed by atoms with E-state index < -0.39 is 0 Å². The lowest BCUT2D eigenvalue weighted by Gasteiger charge is -2.47. The van der Waals surface area contributed by atoms with E-state index in [2.05, 4.69) is 79.5 Å². The van der Waals surface area contributed by atoms with Crippen LogP contribution >= 0.6 is 0 Å². The lowest BCUT2D eigenvalue weighted by Crippen LogP contribution is -2.55. The van der Waals surface area contributed by atoms with Gasteiger partial charge in [-0.3, -0.25) is 4.90 Å². The number of hydrogen-bond acceptors (Lipinski definition) is 3. The Labute approximate surface area is 159 Å². The van der Waals surface area contributed by atoms with Crippen molar-refractivity contribution in [1.82, 2.24) is 10.2 Å². The Morgan fingerprint density at radius 1 is 0.800 bits per heavy atom. The van der Waals surface area contributed by atoms with E-state index in [-0.39, 0.29) is 16.5 Å². The highest BCUT2D eigenvalue weighted by Crippen LogP contribution is 2.38. The van der Waals surface area contributed by atoms with E-state index >= 15 is 0 Å². The molecule has 3 N–H and O–H groups in total. The first-order chi connectivity index (χ1) is 11.2. The third-order valence-corrected chi connectivity index (χ3v) is 6.83. The van der Waals surface area contributed by atoms with Crippen LogP contribution in [0.3, 0.4) is 0 Å². The summed E-state index contributed by atoms with van der Waals surface area (Å²) in [6.07, 6.45) is 4.80. The molecule has 0 heterocycles. The topological polar surface area (TPSA) is 41.3 Å². The van der Waals surface area contributed by atoms with Crippen LogP contribution in [0.1, 0.15) is 94.9 Å². The first-order valence-electron chi connectivity index (χ1n) is 10.4. The van der Waals surface area contributed by atoms with Crippen molar-refractivity contribution in [2.45, 2.75) is 106 Å². The molecule has 0 amide bonds. The molecule has 152 valence electrons. The second kappa shape index (κ2) is 9.71. The minimum atomic E-state index is 0.156. The Morgan fingerprint density at radius 2 is 1.36 bits per heavy atom. The Balaban J connectivity index is 4.91. The van der Waals surface area contributed by atoms with Crippen LogP contribution in [0, 0.1) is 10.8 Å². The van der Waals surface area contributed by atoms with Crippen molar-refractivity contribution in [2.24, 2.45) is 16.6 Å². The fourth-order valence-corrected chi connectivity index (χ4v) is 3.33. The Kier molecular flexibility index (Phi) is 9.66. The molecule has 1 unspecified atom stereocenters. The lowest BCUT2D eigenvalue weighted by atomic mass is 9.69. The minimum Gasteiger partial charge on any atom is -0.329 e. The zero-order valence-corrected chi connectivity index (χ0v) is 19.2. The number of nitrogens with zero attached hydrogens (tertiary/aromatic N) is 1. The van der Waals surface area contributed by atoms with Gasteiger partial charge in [-0.05, 0) is 70.9 Å². The molecule has 1 atom stereocenters. The fourth-order valence-electron chi connectivity index (χ4n) is 3.33. The molecule has 3 nitrogen and oxygen atoms in total. The first-order valence-corrected chi connectivity index (χ1v) is 10.4. The molecular weight excluding hydrogens is 306 g/mol. The van der Waals surface area contributed by atoms with Gasteiger partial charge in [0.15, 0.2) is 0 Å². The van der Waals surface area contributed by atoms with Crippen LogP contribution in [0.15, 0.2) is 0 Å². The summed E-state index contributed by atoms with van der Waals surface area (Å²) in [6.45, 7) is 27.4. The molecule has 0 radical (unpaired) electrons. The van der Waals surface area contributed by atoms with Crippen molar-refractivity contribution in [3.05, 3.63) is 0 Å². The van der Waals surface area contributed by atoms with Crippen LogP contribution in [0.2, 0.25) is 0 Å². The van der Waals surface area contributed by atoms with Gasteiger partial charge in [-0.1, -0.05) is 48.0 Å². The molecule has 0 saturated heterocycles. The highest BCUT2D eigenvalue weighted by molar-refractivity contribution is 4.97. The molecule has 0 aromatic heterocycles. The van der Waals surface area contributed by atoms with Gasteiger partial charge < -0.3 is 11.1 Å². The third-order valence-electron chi connectivity index (χ3n) is 6.83. The SMILES string of the molecule is CCC(C)(C)CCNC(C)(CC)C(C)(C)CCN(CCN)C(C)(C)C. The molecule has 0 aromatic rings. The molecule has 25 heavy (non-hydrogen) atoms. The smallest absolute Gasteiger partial charge is 0.0202 e. The van der Waals surface area contributed by atoms with Gasteiger partial charge in [0.2, 0.25) is 0 Å². The number of nitrogens with two attached hydrogens (primary N) is 1. The second-order valence-electron chi connectivity index (χ2n) is 10.5. The van der Waals surface area contributed by atoms with Crippen LogP contribution in [-0.2, 0) is 0 Å². The fraction of sp³-hybridized carbons (Fsp3) is 1.00. The lowest BCUT2D eigenvalue weighted by molar-refractivity contribution is 0.0699. The standard InChI is InChI=1S/C22H49N3/c1-11-20(6,7)13-16-24-22(10,12-2)21(8,9)14-17-25(18-15-23)19(3,4)5/h24H,11-18,23H2,1-10H3. The van der Waals surface area contributed by atoms with Crippen molar-refractivity contribution in [3.63, 3.8) is 0 Å². The predicted octanol–water partition coefficient (Wildman–Crippen LogP) is 5.05. The number of hydrogen-bond donors (Lipinski definition) is 2. The minimum absolute atomic E-state index is 0.156. The summed E-state index contributed by atoms with van der Waals surface area (Å²) in [7, 11) is 0. The van der Waals surface area contributed by atoms with Gasteiger partial charge >= 0.3 is 0 Å². The number of nitrogens with one attached hydrogen (secondary N) is 1. The van der Waals surface area contributed by atoms with Gasteiger partial charge in [0.1, 0.15) is 0 Å². The average Bonchev–Trinajstić information content (AvgIpc) is 2.49. The van der Waals surface area contributed by atoms with Crippen LogP contribution in [-0.4, -0.2) is 42.2 Å². The molecule has 3 heteroatoms. The van der Waals surface area contributed by atoms with Gasteiger partial charge in [-0.25, -0.2) is 0 Å². The molecule has 0 aliphatic rings. The Morgan fingerprint density at radius 3 is 1.76 bits per heavy atom. The molecule has 0 saturated carbocycles. The van der Waals surface area contributed by atoms with Gasteiger partial charge in [0.25, 0.3) is 0 Å². The normalized spacial score (nSPS) is 16.3. The molecule has 0 spiro atoms. The summed E-state index contributed by atoms with van der Waals surface area (Å²) in [4.78, 5) is 2.53. The molecule has 0 fully saturated rings. The monoisotopic (exact) mass is 355 g/mol. The van der Waals surface area contributed by atoms with Crippen LogP contribution < -0.4 is 11.1 Å². The summed E-state index contributed by atoms with van der Waals surface area (Å²) >= 11 is 0. The summed E-state index contributed by atoms with van der Waals surface area (Å²) in [5.41, 5.74) is 6.83. The maximum Gasteiger partial charge on any atom is 0.0202 e. The zero-order chi connectivity index (χ0) is 19.9. The quantitative estimate of drug-likeness (QED) is 0.515. The Hall–Kier alpha value is -0.120. The van der Waals surface area contributed by atoms with E-state index in [1.54, 1.807) is 0 Å². The van der Waals surface area contributed by atoms with Crippen molar-refractivity contribution in [2.75, 3.05) is 26.2 Å². The van der Waals surface area contributed by atoms with Gasteiger partial charge in [-0.15, -0.1) is 0 Å². The molecule has 0 aliphatic heterocycles. The van der Waals surface area contributed by atoms with Crippen LogP contribution in [0.25, 0.3) is 0 Å². The van der Waals surface area contributed by atoms with Crippen LogP contribution in [0.4, 0.5) is 0 Å². The predicted molar refractivity (Wildman–Crippen MR) is 114 cm³/mol. The van der Waals surface area contributed by atoms with E-state index in [9.17, 15) is 0 Å². The van der Waals surface area contributed by atoms with Crippen molar-refractivity contribution < 1.29 is 0 Å². The zero-order valence-electron chi connectivity index (χ0n) is 19.2. The highest BCUT2D eigenvalue weighted by atomic mass is 15.2. The average molecular weight is 356 g/mol. The van der Waals surface area contributed by atoms with E-state index in [0.717, 1.165) is 32.6 Å². The largest absolute Gasteiger partial charge is 0.329 e. The van der Waals surface area contributed by atoms with Gasteiger partial charge in [0.05, 0.1) is 0 Å². The van der Waals surface area contributed by atoms with E-state index in [0.29, 0.717) is 5.41 Å². The highest BCUT2D eigenvalue weighted by Gasteiger charge is 2.39. The van der Waals surface area contributed by atoms with Crippen molar-refractivity contribution in [3.8, 4) is 0 Å². The van der Waals surface area contributed by atoms with E-state index in [1.807, 2.05) is 0 Å². The second-order valence-corrected chi connectivity index (χ2v) is 10.5. The maximum absolute atomic E-state index is 5.84. The number of rotatable bonds is 12. The van der Waals surface area contributed by atoms with Gasteiger partial charge in [-0.2, -0.15) is 0 Å². The molecule has 0 aliphatic carbocycles. The molecule has 0 rings (SSSR count). The molecule has 0 bridgehead atoms. The van der Waals surface area contributed by atoms with E-state index in [4.69, 9.17) is 5.73 Å². The summed E-state index contributed by atoms with van der Waals surface area (Å²) in [6, 6.07) is 0. The van der Waals surface area contributed by atoms with Gasteiger partial charge in [0, 0.05) is 24.2 Å². The first kappa shape index (κ1) is 24.9. The summed E-state index contributed by atoms with van der Waals surface area (Å²) < 4.78 is 0. The van der Waals surface area contributed by atoms with Crippen molar-refractivity contribution in [1.29, 1.82) is 0 Å².